The number of aryl methyl sites for hydroxylation is 1. The third-order valence-electron chi connectivity index (χ3n) is 4.14. The van der Waals surface area contributed by atoms with Gasteiger partial charge >= 0.3 is 0 Å². The molecule has 3 aromatic rings. The Balaban J connectivity index is 1.73. The van der Waals surface area contributed by atoms with Crippen LogP contribution in [0.2, 0.25) is 0 Å². The van der Waals surface area contributed by atoms with Gasteiger partial charge < -0.3 is 5.32 Å². The fraction of sp³-hybridized carbons (Fsp3) is 0.158. The zero-order valence-electron chi connectivity index (χ0n) is 15.0. The Labute approximate surface area is 158 Å². The number of aromatic nitrogens is 2. The van der Waals surface area contributed by atoms with Crippen molar-refractivity contribution in [3.8, 4) is 5.69 Å². The van der Waals surface area contributed by atoms with Crippen LogP contribution in [-0.4, -0.2) is 31.2 Å². The van der Waals surface area contributed by atoms with Gasteiger partial charge in [-0.05, 0) is 43.8 Å². The van der Waals surface area contributed by atoms with Crippen molar-refractivity contribution >= 4 is 15.9 Å². The van der Waals surface area contributed by atoms with Crippen LogP contribution in [0.1, 0.15) is 21.5 Å². The van der Waals surface area contributed by atoms with Crippen molar-refractivity contribution in [1.29, 1.82) is 0 Å². The van der Waals surface area contributed by atoms with Crippen molar-refractivity contribution in [2.45, 2.75) is 18.4 Å². The first kappa shape index (κ1) is 18.8. The van der Waals surface area contributed by atoms with Crippen LogP contribution in [0.25, 0.3) is 5.69 Å². The first-order valence-electron chi connectivity index (χ1n) is 8.32. The molecule has 0 aliphatic carbocycles. The minimum absolute atomic E-state index is 0.0534. The molecule has 140 valence electrons. The molecule has 0 atom stereocenters. The van der Waals surface area contributed by atoms with Crippen LogP contribution in [-0.2, 0) is 16.6 Å². The first-order chi connectivity index (χ1) is 12.9. The van der Waals surface area contributed by atoms with E-state index in [9.17, 15) is 13.2 Å². The molecule has 0 unspecified atom stereocenters. The molecular weight excluding hydrogens is 364 g/mol. The largest absolute Gasteiger partial charge is 0.348 e. The number of sulfonamides is 1. The minimum Gasteiger partial charge on any atom is -0.348 e. The highest BCUT2D eigenvalue weighted by molar-refractivity contribution is 7.89. The molecule has 2 N–H and O–H groups in total. The number of nitrogens with one attached hydrogen (secondary N) is 2. The van der Waals surface area contributed by atoms with Crippen LogP contribution in [0, 0.1) is 6.92 Å². The topological polar surface area (TPSA) is 93.1 Å². The smallest absolute Gasteiger partial charge is 0.251 e. The molecule has 1 amide bonds. The molecular formula is C19H20N4O3S. The average molecular weight is 384 g/mol. The maximum Gasteiger partial charge on any atom is 0.251 e. The maximum absolute atomic E-state index is 12.5. The number of amides is 1. The van der Waals surface area contributed by atoms with Crippen LogP contribution in [0.5, 0.6) is 0 Å². The van der Waals surface area contributed by atoms with Gasteiger partial charge in [0, 0.05) is 23.9 Å². The predicted molar refractivity (Wildman–Crippen MR) is 102 cm³/mol. The van der Waals surface area contributed by atoms with Gasteiger partial charge in [-0.3, -0.25) is 4.79 Å². The Morgan fingerprint density at radius 2 is 1.89 bits per heavy atom. The van der Waals surface area contributed by atoms with E-state index in [-0.39, 0.29) is 17.3 Å². The van der Waals surface area contributed by atoms with Crippen molar-refractivity contribution in [3.05, 3.63) is 77.6 Å². The van der Waals surface area contributed by atoms with Gasteiger partial charge in [0.2, 0.25) is 10.0 Å². The molecule has 0 radical (unpaired) electrons. The third kappa shape index (κ3) is 4.24. The highest BCUT2D eigenvalue weighted by Crippen LogP contribution is 2.16. The Morgan fingerprint density at radius 3 is 2.59 bits per heavy atom. The first-order valence-corrected chi connectivity index (χ1v) is 9.80. The Bertz CT molecular complexity index is 1060. The highest BCUT2D eigenvalue weighted by atomic mass is 32.2. The van der Waals surface area contributed by atoms with E-state index in [1.807, 2.05) is 36.5 Å². The molecule has 1 heterocycles. The quantitative estimate of drug-likeness (QED) is 0.680. The van der Waals surface area contributed by atoms with Gasteiger partial charge in [0.05, 0.1) is 16.8 Å². The number of benzene rings is 2. The summed E-state index contributed by atoms with van der Waals surface area (Å²) in [4.78, 5) is 12.6. The monoisotopic (exact) mass is 384 g/mol. The van der Waals surface area contributed by atoms with E-state index in [4.69, 9.17) is 0 Å². The van der Waals surface area contributed by atoms with E-state index in [1.54, 1.807) is 23.9 Å². The summed E-state index contributed by atoms with van der Waals surface area (Å²) >= 11 is 0. The van der Waals surface area contributed by atoms with Crippen LogP contribution < -0.4 is 10.0 Å². The van der Waals surface area contributed by atoms with E-state index in [2.05, 4.69) is 15.1 Å². The lowest BCUT2D eigenvalue weighted by atomic mass is 10.1. The fourth-order valence-corrected chi connectivity index (χ4v) is 3.34. The molecule has 0 fully saturated rings. The second-order valence-electron chi connectivity index (χ2n) is 6.00. The summed E-state index contributed by atoms with van der Waals surface area (Å²) in [5.41, 5.74) is 2.78. The molecule has 0 bridgehead atoms. The van der Waals surface area contributed by atoms with Crippen LogP contribution >= 0.6 is 0 Å². The van der Waals surface area contributed by atoms with E-state index in [0.29, 0.717) is 11.1 Å². The summed E-state index contributed by atoms with van der Waals surface area (Å²) in [6.07, 6.45) is 3.52. The number of carbonyl (C=O) groups is 1. The molecule has 2 aromatic carbocycles. The molecule has 0 aliphatic heterocycles. The maximum atomic E-state index is 12.5. The molecule has 3 rings (SSSR count). The van der Waals surface area contributed by atoms with Crippen molar-refractivity contribution in [2.75, 3.05) is 7.05 Å². The summed E-state index contributed by atoms with van der Waals surface area (Å²) in [5, 5.41) is 7.10. The standard InChI is InChI=1S/C19H20N4O3S/c1-14-8-9-17(27(25,26)20-2)10-18(14)19(24)21-11-15-12-22-23(13-15)16-6-4-3-5-7-16/h3-10,12-13,20H,11H2,1-2H3,(H,21,24). The predicted octanol–water partition coefficient (Wildman–Crippen LogP) is 2.02. The summed E-state index contributed by atoms with van der Waals surface area (Å²) in [6, 6.07) is 14.1. The number of nitrogens with zero attached hydrogens (tertiary/aromatic N) is 2. The van der Waals surface area contributed by atoms with Crippen molar-refractivity contribution in [3.63, 3.8) is 0 Å². The third-order valence-corrected chi connectivity index (χ3v) is 5.55. The number of hydrogen-bond acceptors (Lipinski definition) is 4. The molecule has 7 nitrogen and oxygen atoms in total. The Kier molecular flexibility index (Phi) is 5.38. The second-order valence-corrected chi connectivity index (χ2v) is 7.88. The second kappa shape index (κ2) is 7.73. The van der Waals surface area contributed by atoms with E-state index >= 15 is 0 Å². The van der Waals surface area contributed by atoms with Gasteiger partial charge in [-0.25, -0.2) is 17.8 Å². The summed E-state index contributed by atoms with van der Waals surface area (Å²) in [7, 11) is -2.28. The van der Waals surface area contributed by atoms with Gasteiger partial charge in [-0.1, -0.05) is 24.3 Å². The number of para-hydroxylation sites is 1. The number of carbonyl (C=O) groups excluding carboxylic acids is 1. The van der Waals surface area contributed by atoms with Crippen LogP contribution in [0.3, 0.4) is 0 Å². The molecule has 0 spiro atoms. The Hall–Kier alpha value is -2.97. The van der Waals surface area contributed by atoms with Gasteiger partial charge in [0.25, 0.3) is 5.91 Å². The van der Waals surface area contributed by atoms with Gasteiger partial charge in [-0.2, -0.15) is 5.10 Å². The minimum atomic E-state index is -3.61. The van der Waals surface area contributed by atoms with Crippen LogP contribution in [0.15, 0.2) is 65.8 Å². The summed E-state index contributed by atoms with van der Waals surface area (Å²) in [6.45, 7) is 2.05. The zero-order chi connectivity index (χ0) is 19.4. The molecule has 0 saturated heterocycles. The number of hydrogen-bond donors (Lipinski definition) is 2. The SMILES string of the molecule is CNS(=O)(=O)c1ccc(C)c(C(=O)NCc2cnn(-c3ccccc3)c2)c1. The van der Waals surface area contributed by atoms with E-state index < -0.39 is 10.0 Å². The van der Waals surface area contributed by atoms with E-state index in [0.717, 1.165) is 11.3 Å². The average Bonchev–Trinajstić information content (AvgIpc) is 3.16. The molecule has 0 aliphatic rings. The van der Waals surface area contributed by atoms with E-state index in [1.165, 1.54) is 19.2 Å². The van der Waals surface area contributed by atoms with Gasteiger partial charge in [-0.15, -0.1) is 0 Å². The van der Waals surface area contributed by atoms with Crippen molar-refractivity contribution < 1.29 is 13.2 Å². The molecule has 27 heavy (non-hydrogen) atoms. The summed E-state index contributed by atoms with van der Waals surface area (Å²) in [5.74, 6) is -0.340. The Morgan fingerprint density at radius 1 is 1.15 bits per heavy atom. The lowest BCUT2D eigenvalue weighted by Crippen LogP contribution is -2.24. The fourth-order valence-electron chi connectivity index (χ4n) is 2.58. The normalized spacial score (nSPS) is 11.3. The highest BCUT2D eigenvalue weighted by Gasteiger charge is 2.16. The van der Waals surface area contributed by atoms with Crippen molar-refractivity contribution in [2.24, 2.45) is 0 Å². The molecule has 1 aromatic heterocycles. The lowest BCUT2D eigenvalue weighted by Gasteiger charge is -2.09. The molecule has 8 heteroatoms. The van der Waals surface area contributed by atoms with Gasteiger partial charge in [0.1, 0.15) is 0 Å². The number of rotatable bonds is 6. The van der Waals surface area contributed by atoms with Crippen molar-refractivity contribution in [1.82, 2.24) is 19.8 Å². The lowest BCUT2D eigenvalue weighted by molar-refractivity contribution is 0.0950. The van der Waals surface area contributed by atoms with Gasteiger partial charge in [0.15, 0.2) is 0 Å². The zero-order valence-corrected chi connectivity index (χ0v) is 15.8. The van der Waals surface area contributed by atoms with Crippen LogP contribution in [0.4, 0.5) is 0 Å². The summed E-state index contributed by atoms with van der Waals surface area (Å²) < 4.78 is 27.9. The molecule has 0 saturated carbocycles.